The Morgan fingerprint density at radius 2 is 2.07 bits per heavy atom. The van der Waals surface area contributed by atoms with Crippen molar-refractivity contribution in [2.45, 2.75) is 38.6 Å². The maximum Gasteiger partial charge on any atom is 0.275 e. The molecule has 1 N–H and O–H groups in total. The van der Waals surface area contributed by atoms with E-state index in [1.165, 1.54) is 12.0 Å². The summed E-state index contributed by atoms with van der Waals surface area (Å²) in [6.45, 7) is 5.04. The first-order chi connectivity index (χ1) is 14.4. The zero-order chi connectivity index (χ0) is 21.8. The highest BCUT2D eigenvalue weighted by Crippen LogP contribution is 2.31. The third kappa shape index (κ3) is 4.23. The van der Waals surface area contributed by atoms with Gasteiger partial charge in [-0.25, -0.2) is 8.78 Å². The van der Waals surface area contributed by atoms with Crippen molar-refractivity contribution in [1.29, 1.82) is 0 Å². The third-order valence-electron chi connectivity index (χ3n) is 5.74. The van der Waals surface area contributed by atoms with Crippen molar-refractivity contribution < 1.29 is 18.3 Å². The number of ether oxygens (including phenoxy) is 1. The largest absolute Gasteiger partial charge is 0.497 e. The quantitative estimate of drug-likeness (QED) is 0.668. The lowest BCUT2D eigenvalue weighted by molar-refractivity contribution is -0.107. The number of benzene rings is 1. The molecule has 0 saturated carbocycles. The van der Waals surface area contributed by atoms with Gasteiger partial charge in [0.1, 0.15) is 23.1 Å². The maximum absolute atomic E-state index is 14.6. The number of nitrogens with one attached hydrogen (secondary N) is 1. The van der Waals surface area contributed by atoms with Crippen molar-refractivity contribution >= 4 is 12.1 Å². The molecule has 2 unspecified atom stereocenters. The van der Waals surface area contributed by atoms with Crippen LogP contribution in [0.25, 0.3) is 0 Å². The molecule has 30 heavy (non-hydrogen) atoms. The predicted molar refractivity (Wildman–Crippen MR) is 111 cm³/mol. The molecule has 1 saturated heterocycles. The highest BCUT2D eigenvalue weighted by molar-refractivity contribution is 5.76. The van der Waals surface area contributed by atoms with E-state index in [4.69, 9.17) is 4.74 Å². The Morgan fingerprint density at radius 3 is 2.60 bits per heavy atom. The standard InChI is InChI=1S/C22H27F2N3O3/c1-4-15(20-18(23)9-17(30-3)10-19(20)24)12-26(13-28)21-14(2)6-8-27(22(21)29)16-5-7-25-11-16/h6,8-10,13,15-16,25H,4-5,7,11-12H2,1-3H3. The van der Waals surface area contributed by atoms with Crippen LogP contribution in [0.4, 0.5) is 14.5 Å². The van der Waals surface area contributed by atoms with Gasteiger partial charge in [-0.1, -0.05) is 6.92 Å². The summed E-state index contributed by atoms with van der Waals surface area (Å²) in [6, 6.07) is 4.06. The van der Waals surface area contributed by atoms with Gasteiger partial charge in [-0.05, 0) is 37.9 Å². The van der Waals surface area contributed by atoms with E-state index in [0.29, 0.717) is 24.9 Å². The van der Waals surface area contributed by atoms with Crippen LogP contribution in [-0.4, -0.2) is 37.7 Å². The van der Waals surface area contributed by atoms with E-state index in [1.54, 1.807) is 30.7 Å². The van der Waals surface area contributed by atoms with Crippen LogP contribution in [0.3, 0.4) is 0 Å². The number of hydrogen-bond acceptors (Lipinski definition) is 4. The Labute approximate surface area is 174 Å². The van der Waals surface area contributed by atoms with Gasteiger partial charge >= 0.3 is 0 Å². The number of methoxy groups -OCH3 is 1. The number of aryl methyl sites for hydroxylation is 1. The molecule has 1 aliphatic heterocycles. The molecule has 2 aromatic rings. The van der Waals surface area contributed by atoms with E-state index in [2.05, 4.69) is 5.32 Å². The van der Waals surface area contributed by atoms with Crippen molar-refractivity contribution in [3.8, 4) is 5.75 Å². The Kier molecular flexibility index (Phi) is 6.87. The second-order valence-corrected chi connectivity index (χ2v) is 7.57. The molecule has 1 aromatic heterocycles. The molecule has 2 heterocycles. The Balaban J connectivity index is 1.98. The van der Waals surface area contributed by atoms with E-state index in [1.807, 2.05) is 0 Å². The average Bonchev–Trinajstić information content (AvgIpc) is 3.25. The molecule has 0 spiro atoms. The van der Waals surface area contributed by atoms with Crippen molar-refractivity contribution in [1.82, 2.24) is 9.88 Å². The smallest absolute Gasteiger partial charge is 0.275 e. The fourth-order valence-corrected chi connectivity index (χ4v) is 4.06. The van der Waals surface area contributed by atoms with E-state index >= 15 is 0 Å². The number of halogens is 2. The minimum absolute atomic E-state index is 0.0107. The molecule has 0 aliphatic carbocycles. The van der Waals surface area contributed by atoms with Crippen LogP contribution in [0.1, 0.15) is 42.9 Å². The Hall–Kier alpha value is -2.74. The molecule has 0 bridgehead atoms. The molecule has 3 rings (SSSR count). The van der Waals surface area contributed by atoms with Crippen molar-refractivity contribution in [2.75, 3.05) is 31.6 Å². The van der Waals surface area contributed by atoms with Crippen LogP contribution < -0.4 is 20.5 Å². The third-order valence-corrected chi connectivity index (χ3v) is 5.74. The SMILES string of the molecule is CCC(CN(C=O)c1c(C)ccn(C2CCNC2)c1=O)c1c(F)cc(OC)cc1F. The number of amides is 1. The summed E-state index contributed by atoms with van der Waals surface area (Å²) in [5.41, 5.74) is 0.493. The van der Waals surface area contributed by atoms with Gasteiger partial charge in [0.25, 0.3) is 5.56 Å². The zero-order valence-electron chi connectivity index (χ0n) is 17.5. The molecule has 1 aromatic carbocycles. The number of anilines is 1. The van der Waals surface area contributed by atoms with Crippen LogP contribution >= 0.6 is 0 Å². The van der Waals surface area contributed by atoms with Gasteiger partial charge in [0.15, 0.2) is 0 Å². The highest BCUT2D eigenvalue weighted by Gasteiger charge is 2.26. The summed E-state index contributed by atoms with van der Waals surface area (Å²) in [6.07, 6.45) is 3.51. The lowest BCUT2D eigenvalue weighted by Crippen LogP contribution is -2.36. The fourth-order valence-electron chi connectivity index (χ4n) is 4.06. The number of nitrogens with zero attached hydrogens (tertiary/aromatic N) is 2. The van der Waals surface area contributed by atoms with Crippen LogP contribution in [0.15, 0.2) is 29.2 Å². The lowest BCUT2D eigenvalue weighted by Gasteiger charge is -2.26. The molecule has 162 valence electrons. The summed E-state index contributed by atoms with van der Waals surface area (Å²) in [5, 5.41) is 3.22. The lowest BCUT2D eigenvalue weighted by atomic mass is 9.94. The van der Waals surface area contributed by atoms with Gasteiger partial charge in [0.05, 0.1) is 13.2 Å². The Morgan fingerprint density at radius 1 is 1.37 bits per heavy atom. The van der Waals surface area contributed by atoms with Crippen molar-refractivity contribution in [3.63, 3.8) is 0 Å². The van der Waals surface area contributed by atoms with Gasteiger partial charge in [0.2, 0.25) is 6.41 Å². The topological polar surface area (TPSA) is 63.6 Å². The van der Waals surface area contributed by atoms with Crippen LogP contribution in [0, 0.1) is 18.6 Å². The maximum atomic E-state index is 14.6. The van der Waals surface area contributed by atoms with Gasteiger partial charge in [0, 0.05) is 42.9 Å². The summed E-state index contributed by atoms with van der Waals surface area (Å²) >= 11 is 0. The summed E-state index contributed by atoms with van der Waals surface area (Å²) in [7, 11) is 1.34. The number of aromatic nitrogens is 1. The first-order valence-corrected chi connectivity index (χ1v) is 10.1. The van der Waals surface area contributed by atoms with E-state index in [-0.39, 0.29) is 35.1 Å². The van der Waals surface area contributed by atoms with Gasteiger partial charge in [-0.2, -0.15) is 0 Å². The average molecular weight is 419 g/mol. The molecule has 8 heteroatoms. The van der Waals surface area contributed by atoms with Gasteiger partial charge in [-0.15, -0.1) is 0 Å². The van der Waals surface area contributed by atoms with E-state index < -0.39 is 17.6 Å². The number of rotatable bonds is 8. The summed E-state index contributed by atoms with van der Waals surface area (Å²) in [4.78, 5) is 26.4. The first kappa shape index (κ1) is 22.0. The molecule has 1 amide bonds. The fraction of sp³-hybridized carbons (Fsp3) is 0.455. The molecule has 1 fully saturated rings. The normalized spacial score (nSPS) is 17.0. The second-order valence-electron chi connectivity index (χ2n) is 7.57. The molecule has 2 atom stereocenters. The number of hydrogen-bond donors (Lipinski definition) is 1. The minimum Gasteiger partial charge on any atom is -0.497 e. The van der Waals surface area contributed by atoms with Crippen molar-refractivity contribution in [2.24, 2.45) is 0 Å². The number of pyridine rings is 1. The molecule has 1 aliphatic rings. The van der Waals surface area contributed by atoms with Crippen molar-refractivity contribution in [3.05, 3.63) is 57.5 Å². The minimum atomic E-state index is -0.733. The Bertz CT molecular complexity index is 948. The first-order valence-electron chi connectivity index (χ1n) is 10.1. The monoisotopic (exact) mass is 419 g/mol. The number of carbonyl (C=O) groups excluding carboxylic acids is 1. The van der Waals surface area contributed by atoms with E-state index in [0.717, 1.165) is 25.1 Å². The van der Waals surface area contributed by atoms with Gasteiger partial charge < -0.3 is 19.5 Å². The number of carbonyl (C=O) groups is 1. The second kappa shape index (κ2) is 9.38. The summed E-state index contributed by atoms with van der Waals surface area (Å²) < 4.78 is 35.8. The molecular weight excluding hydrogens is 392 g/mol. The van der Waals surface area contributed by atoms with Gasteiger partial charge in [-0.3, -0.25) is 9.59 Å². The van der Waals surface area contributed by atoms with Crippen LogP contribution in [0.2, 0.25) is 0 Å². The van der Waals surface area contributed by atoms with E-state index in [9.17, 15) is 18.4 Å². The summed E-state index contributed by atoms with van der Waals surface area (Å²) in [5.74, 6) is -2.00. The van der Waals surface area contributed by atoms with Crippen LogP contribution in [0.5, 0.6) is 5.75 Å². The zero-order valence-corrected chi connectivity index (χ0v) is 17.5. The molecular formula is C22H27F2N3O3. The predicted octanol–water partition coefficient (Wildman–Crippen LogP) is 3.13. The molecule has 0 radical (unpaired) electrons. The molecule has 6 nitrogen and oxygen atoms in total. The highest BCUT2D eigenvalue weighted by atomic mass is 19.1. The van der Waals surface area contributed by atoms with Crippen LogP contribution in [-0.2, 0) is 4.79 Å².